The Bertz CT molecular complexity index is 571. The SMILES string of the molecule is CNc1ncc(Br)c(N(C)Cc2cccc(C)c2)n1. The highest BCUT2D eigenvalue weighted by atomic mass is 79.9. The largest absolute Gasteiger partial charge is 0.357 e. The van der Waals surface area contributed by atoms with Gasteiger partial charge in [-0.05, 0) is 28.4 Å². The lowest BCUT2D eigenvalue weighted by Gasteiger charge is -2.20. The summed E-state index contributed by atoms with van der Waals surface area (Å²) in [7, 11) is 3.84. The first-order chi connectivity index (χ1) is 9.10. The monoisotopic (exact) mass is 320 g/mol. The molecule has 0 atom stereocenters. The Hall–Kier alpha value is -1.62. The van der Waals surface area contributed by atoms with Crippen LogP contribution in [0.4, 0.5) is 11.8 Å². The summed E-state index contributed by atoms with van der Waals surface area (Å²) in [6.07, 6.45) is 1.76. The highest BCUT2D eigenvalue weighted by Gasteiger charge is 2.10. The number of aryl methyl sites for hydroxylation is 1. The van der Waals surface area contributed by atoms with Gasteiger partial charge in [0.15, 0.2) is 0 Å². The van der Waals surface area contributed by atoms with Gasteiger partial charge in [-0.15, -0.1) is 0 Å². The Morgan fingerprint density at radius 3 is 2.84 bits per heavy atom. The number of rotatable bonds is 4. The summed E-state index contributed by atoms with van der Waals surface area (Å²) in [5, 5.41) is 2.95. The van der Waals surface area contributed by atoms with Crippen molar-refractivity contribution in [2.45, 2.75) is 13.5 Å². The van der Waals surface area contributed by atoms with Gasteiger partial charge in [-0.25, -0.2) is 4.98 Å². The van der Waals surface area contributed by atoms with Crippen LogP contribution in [-0.4, -0.2) is 24.1 Å². The van der Waals surface area contributed by atoms with Crippen molar-refractivity contribution >= 4 is 27.7 Å². The number of nitrogens with one attached hydrogen (secondary N) is 1. The minimum Gasteiger partial charge on any atom is -0.357 e. The summed E-state index contributed by atoms with van der Waals surface area (Å²) in [4.78, 5) is 10.7. The van der Waals surface area contributed by atoms with Crippen LogP contribution in [0.3, 0.4) is 0 Å². The number of aromatic nitrogens is 2. The van der Waals surface area contributed by atoms with Crippen LogP contribution in [0.25, 0.3) is 0 Å². The van der Waals surface area contributed by atoms with Crippen molar-refractivity contribution in [2.75, 3.05) is 24.3 Å². The normalized spacial score (nSPS) is 10.3. The molecule has 0 amide bonds. The Morgan fingerprint density at radius 1 is 1.37 bits per heavy atom. The first kappa shape index (κ1) is 13.8. The predicted molar refractivity (Wildman–Crippen MR) is 82.6 cm³/mol. The number of hydrogen-bond donors (Lipinski definition) is 1. The zero-order valence-corrected chi connectivity index (χ0v) is 12.9. The molecule has 1 aromatic carbocycles. The van der Waals surface area contributed by atoms with E-state index in [0.29, 0.717) is 5.95 Å². The zero-order valence-electron chi connectivity index (χ0n) is 11.3. The highest BCUT2D eigenvalue weighted by Crippen LogP contribution is 2.24. The van der Waals surface area contributed by atoms with Crippen LogP contribution < -0.4 is 10.2 Å². The standard InChI is InChI=1S/C14H17BrN4/c1-10-5-4-6-11(7-10)9-19(3)13-12(15)8-17-14(16-2)18-13/h4-8H,9H2,1-3H3,(H,16,17,18). The third-order valence-corrected chi connectivity index (χ3v) is 3.37. The predicted octanol–water partition coefficient (Wildman–Crippen LogP) is 3.23. The lowest BCUT2D eigenvalue weighted by molar-refractivity contribution is 0.886. The topological polar surface area (TPSA) is 41.1 Å². The van der Waals surface area contributed by atoms with E-state index >= 15 is 0 Å². The molecule has 2 rings (SSSR count). The fourth-order valence-corrected chi connectivity index (χ4v) is 2.40. The zero-order chi connectivity index (χ0) is 13.8. The average molecular weight is 321 g/mol. The number of halogens is 1. The first-order valence-corrected chi connectivity index (χ1v) is 6.86. The molecule has 100 valence electrons. The molecule has 0 bridgehead atoms. The molecule has 2 aromatic rings. The smallest absolute Gasteiger partial charge is 0.224 e. The molecule has 0 radical (unpaired) electrons. The Labute approximate surface area is 122 Å². The molecule has 1 heterocycles. The molecule has 0 aliphatic heterocycles. The third kappa shape index (κ3) is 3.44. The molecular formula is C14H17BrN4. The third-order valence-electron chi connectivity index (χ3n) is 2.81. The van der Waals surface area contributed by atoms with Crippen molar-refractivity contribution in [3.63, 3.8) is 0 Å². The van der Waals surface area contributed by atoms with E-state index in [1.165, 1.54) is 11.1 Å². The van der Waals surface area contributed by atoms with E-state index in [1.807, 2.05) is 14.1 Å². The molecule has 1 N–H and O–H groups in total. The van der Waals surface area contributed by atoms with Crippen LogP contribution >= 0.6 is 15.9 Å². The molecule has 4 nitrogen and oxygen atoms in total. The maximum Gasteiger partial charge on any atom is 0.224 e. The molecular weight excluding hydrogens is 304 g/mol. The van der Waals surface area contributed by atoms with Crippen LogP contribution in [0, 0.1) is 6.92 Å². The van der Waals surface area contributed by atoms with Crippen LogP contribution in [-0.2, 0) is 6.54 Å². The summed E-state index contributed by atoms with van der Waals surface area (Å²) in [6.45, 7) is 2.91. The fourth-order valence-electron chi connectivity index (χ4n) is 1.91. The van der Waals surface area contributed by atoms with Crippen LogP contribution in [0.2, 0.25) is 0 Å². The average Bonchev–Trinajstić information content (AvgIpc) is 2.39. The number of hydrogen-bond acceptors (Lipinski definition) is 4. The molecule has 5 heteroatoms. The van der Waals surface area contributed by atoms with Gasteiger partial charge in [-0.3, -0.25) is 0 Å². The van der Waals surface area contributed by atoms with Gasteiger partial charge in [-0.1, -0.05) is 29.8 Å². The fraction of sp³-hybridized carbons (Fsp3) is 0.286. The Morgan fingerprint density at radius 2 is 2.16 bits per heavy atom. The number of nitrogens with zero attached hydrogens (tertiary/aromatic N) is 3. The van der Waals surface area contributed by atoms with Crippen molar-refractivity contribution in [3.8, 4) is 0 Å². The second-order valence-electron chi connectivity index (χ2n) is 4.46. The van der Waals surface area contributed by atoms with E-state index in [1.54, 1.807) is 6.20 Å². The quantitative estimate of drug-likeness (QED) is 0.939. The lowest BCUT2D eigenvalue weighted by atomic mass is 10.1. The Balaban J connectivity index is 2.22. The minimum atomic E-state index is 0.620. The summed E-state index contributed by atoms with van der Waals surface area (Å²) in [5.74, 6) is 1.50. The van der Waals surface area contributed by atoms with Gasteiger partial charge >= 0.3 is 0 Å². The van der Waals surface area contributed by atoms with Gasteiger partial charge in [0.2, 0.25) is 5.95 Å². The number of benzene rings is 1. The van der Waals surface area contributed by atoms with Gasteiger partial charge in [0.05, 0.1) is 4.47 Å². The van der Waals surface area contributed by atoms with Crippen molar-refractivity contribution in [1.82, 2.24) is 9.97 Å². The lowest BCUT2D eigenvalue weighted by Crippen LogP contribution is -2.19. The molecule has 0 aliphatic carbocycles. The molecule has 0 saturated carbocycles. The highest BCUT2D eigenvalue weighted by molar-refractivity contribution is 9.10. The van der Waals surface area contributed by atoms with Crippen LogP contribution in [0.1, 0.15) is 11.1 Å². The second kappa shape index (κ2) is 6.02. The van der Waals surface area contributed by atoms with Crippen molar-refractivity contribution < 1.29 is 0 Å². The van der Waals surface area contributed by atoms with Gasteiger partial charge in [0.1, 0.15) is 5.82 Å². The van der Waals surface area contributed by atoms with E-state index in [-0.39, 0.29) is 0 Å². The van der Waals surface area contributed by atoms with Crippen LogP contribution in [0.5, 0.6) is 0 Å². The molecule has 0 spiro atoms. The van der Waals surface area contributed by atoms with Crippen molar-refractivity contribution in [2.24, 2.45) is 0 Å². The van der Waals surface area contributed by atoms with E-state index < -0.39 is 0 Å². The maximum atomic E-state index is 4.47. The Kier molecular flexibility index (Phi) is 4.37. The number of anilines is 2. The van der Waals surface area contributed by atoms with Gasteiger partial charge in [0, 0.05) is 26.8 Å². The molecule has 0 fully saturated rings. The summed E-state index contributed by atoms with van der Waals surface area (Å²) in [6, 6.07) is 8.48. The summed E-state index contributed by atoms with van der Waals surface area (Å²) >= 11 is 3.49. The molecule has 0 saturated heterocycles. The molecule has 0 unspecified atom stereocenters. The van der Waals surface area contributed by atoms with Gasteiger partial charge in [0.25, 0.3) is 0 Å². The molecule has 19 heavy (non-hydrogen) atoms. The molecule has 0 aliphatic rings. The van der Waals surface area contributed by atoms with Crippen molar-refractivity contribution in [3.05, 3.63) is 46.1 Å². The van der Waals surface area contributed by atoms with E-state index in [2.05, 4.69) is 67.3 Å². The van der Waals surface area contributed by atoms with Gasteiger partial charge < -0.3 is 10.2 Å². The molecule has 1 aromatic heterocycles. The van der Waals surface area contributed by atoms with Crippen LogP contribution in [0.15, 0.2) is 34.9 Å². The van der Waals surface area contributed by atoms with Gasteiger partial charge in [-0.2, -0.15) is 4.98 Å². The summed E-state index contributed by atoms with van der Waals surface area (Å²) in [5.41, 5.74) is 2.53. The summed E-state index contributed by atoms with van der Waals surface area (Å²) < 4.78 is 0.890. The van der Waals surface area contributed by atoms with E-state index in [0.717, 1.165) is 16.8 Å². The minimum absolute atomic E-state index is 0.620. The van der Waals surface area contributed by atoms with E-state index in [9.17, 15) is 0 Å². The van der Waals surface area contributed by atoms with E-state index in [4.69, 9.17) is 0 Å². The van der Waals surface area contributed by atoms with Crippen molar-refractivity contribution in [1.29, 1.82) is 0 Å². The maximum absolute atomic E-state index is 4.47. The second-order valence-corrected chi connectivity index (χ2v) is 5.31. The first-order valence-electron chi connectivity index (χ1n) is 6.07.